The maximum atomic E-state index is 12.5. The molecule has 1 heterocycles. The second kappa shape index (κ2) is 13.2. The molecule has 0 atom stereocenters. The number of aliphatic hydroxyl groups is 1. The highest BCUT2D eigenvalue weighted by atomic mass is 35.5. The summed E-state index contributed by atoms with van der Waals surface area (Å²) >= 11 is 5.90. The van der Waals surface area contributed by atoms with E-state index >= 15 is 0 Å². The number of nitrogens with zero attached hydrogens (tertiary/aromatic N) is 2. The minimum absolute atomic E-state index is 0.199. The Hall–Kier alpha value is -1.14. The SMILES string of the molecule is CCN(CCO)CCCCOCC1CCN(C(=O)Cc2ccc(Cl)cc2)CC1. The molecule has 1 saturated heterocycles. The zero-order valence-corrected chi connectivity index (χ0v) is 17.9. The number of carbonyl (C=O) groups is 1. The van der Waals surface area contributed by atoms with Crippen LogP contribution in [0.1, 0.15) is 38.2 Å². The summed E-state index contributed by atoms with van der Waals surface area (Å²) in [6.45, 7) is 8.36. The molecule has 6 heteroatoms. The highest BCUT2D eigenvalue weighted by Gasteiger charge is 2.22. The first kappa shape index (κ1) is 23.1. The number of unbranched alkanes of at least 4 members (excludes halogenated alkanes) is 1. The number of piperidine rings is 1. The van der Waals surface area contributed by atoms with Crippen molar-refractivity contribution in [1.29, 1.82) is 0 Å². The molecular weight excluding hydrogens is 376 g/mol. The van der Waals surface area contributed by atoms with E-state index in [0.29, 0.717) is 17.4 Å². The van der Waals surface area contributed by atoms with Crippen molar-refractivity contribution in [3.63, 3.8) is 0 Å². The lowest BCUT2D eigenvalue weighted by Crippen LogP contribution is -2.40. The first-order valence-corrected chi connectivity index (χ1v) is 10.9. The molecule has 1 aromatic rings. The van der Waals surface area contributed by atoms with E-state index in [4.69, 9.17) is 21.4 Å². The highest BCUT2D eigenvalue weighted by molar-refractivity contribution is 6.30. The van der Waals surface area contributed by atoms with Crippen molar-refractivity contribution in [2.24, 2.45) is 5.92 Å². The first-order valence-electron chi connectivity index (χ1n) is 10.6. The quantitative estimate of drug-likeness (QED) is 0.537. The summed E-state index contributed by atoms with van der Waals surface area (Å²) in [4.78, 5) is 16.7. The standard InChI is InChI=1S/C22H35ClN2O3/c1-2-24(14-15-26)11-3-4-16-28-18-20-9-12-25(13-10-20)22(27)17-19-5-7-21(23)8-6-19/h5-8,20,26H,2-4,9-18H2,1H3. The van der Waals surface area contributed by atoms with Crippen molar-refractivity contribution in [3.05, 3.63) is 34.9 Å². The fraction of sp³-hybridized carbons (Fsp3) is 0.682. The largest absolute Gasteiger partial charge is 0.395 e. The summed E-state index contributed by atoms with van der Waals surface area (Å²) in [6, 6.07) is 7.51. The summed E-state index contributed by atoms with van der Waals surface area (Å²) < 4.78 is 5.87. The summed E-state index contributed by atoms with van der Waals surface area (Å²) in [5, 5.41) is 9.69. The third-order valence-electron chi connectivity index (χ3n) is 5.47. The fourth-order valence-corrected chi connectivity index (χ4v) is 3.72. The minimum atomic E-state index is 0.199. The topological polar surface area (TPSA) is 53.0 Å². The Morgan fingerprint density at radius 3 is 2.57 bits per heavy atom. The van der Waals surface area contributed by atoms with Gasteiger partial charge in [0.15, 0.2) is 0 Å². The molecule has 0 aromatic heterocycles. The third-order valence-corrected chi connectivity index (χ3v) is 5.72. The molecule has 1 N–H and O–H groups in total. The van der Waals surface area contributed by atoms with E-state index in [9.17, 15) is 4.79 Å². The van der Waals surface area contributed by atoms with Gasteiger partial charge >= 0.3 is 0 Å². The van der Waals surface area contributed by atoms with Gasteiger partial charge in [-0.05, 0) is 62.4 Å². The molecule has 28 heavy (non-hydrogen) atoms. The van der Waals surface area contributed by atoms with Gasteiger partial charge in [-0.1, -0.05) is 30.7 Å². The molecule has 0 aliphatic carbocycles. The minimum Gasteiger partial charge on any atom is -0.395 e. The lowest BCUT2D eigenvalue weighted by Gasteiger charge is -2.32. The monoisotopic (exact) mass is 410 g/mol. The number of amides is 1. The number of likely N-dealkylation sites (N-methyl/N-ethyl adjacent to an activating group) is 1. The van der Waals surface area contributed by atoms with E-state index in [2.05, 4.69) is 11.8 Å². The molecule has 1 aromatic carbocycles. The number of hydrogen-bond acceptors (Lipinski definition) is 4. The van der Waals surface area contributed by atoms with Gasteiger partial charge in [-0.3, -0.25) is 4.79 Å². The molecule has 158 valence electrons. The van der Waals surface area contributed by atoms with Crippen LogP contribution in [-0.4, -0.2) is 73.4 Å². The van der Waals surface area contributed by atoms with Gasteiger partial charge in [0, 0.05) is 37.9 Å². The molecule has 0 spiro atoms. The summed E-state index contributed by atoms with van der Waals surface area (Å²) in [6.07, 6.45) is 4.65. The van der Waals surface area contributed by atoms with E-state index in [1.165, 1.54) is 0 Å². The number of ether oxygens (including phenoxy) is 1. The molecule has 1 aliphatic heterocycles. The maximum absolute atomic E-state index is 12.5. The van der Waals surface area contributed by atoms with Crippen molar-refractivity contribution >= 4 is 17.5 Å². The summed E-state index contributed by atoms with van der Waals surface area (Å²) in [5.74, 6) is 0.756. The van der Waals surface area contributed by atoms with Gasteiger partial charge in [0.25, 0.3) is 0 Å². The number of aliphatic hydroxyl groups excluding tert-OH is 1. The van der Waals surface area contributed by atoms with Crippen LogP contribution in [0.2, 0.25) is 5.02 Å². The zero-order valence-electron chi connectivity index (χ0n) is 17.1. The lowest BCUT2D eigenvalue weighted by atomic mass is 9.97. The van der Waals surface area contributed by atoms with E-state index in [1.807, 2.05) is 29.2 Å². The summed E-state index contributed by atoms with van der Waals surface area (Å²) in [7, 11) is 0. The second-order valence-electron chi connectivity index (χ2n) is 7.57. The van der Waals surface area contributed by atoms with Crippen LogP contribution in [0.25, 0.3) is 0 Å². The molecule has 2 rings (SSSR count). The molecular formula is C22H35ClN2O3. The first-order chi connectivity index (χ1) is 13.6. The zero-order chi connectivity index (χ0) is 20.2. The average Bonchev–Trinajstić information content (AvgIpc) is 2.71. The van der Waals surface area contributed by atoms with Crippen molar-refractivity contribution in [3.8, 4) is 0 Å². The highest BCUT2D eigenvalue weighted by Crippen LogP contribution is 2.19. The van der Waals surface area contributed by atoms with Crippen LogP contribution in [0.15, 0.2) is 24.3 Å². The number of benzene rings is 1. The molecule has 0 saturated carbocycles. The Bertz CT molecular complexity index is 559. The van der Waals surface area contributed by atoms with Crippen LogP contribution in [0.5, 0.6) is 0 Å². The molecule has 1 fully saturated rings. The number of rotatable bonds is 12. The van der Waals surface area contributed by atoms with Crippen molar-refractivity contribution < 1.29 is 14.6 Å². The Kier molecular flexibility index (Phi) is 10.9. The van der Waals surface area contributed by atoms with Crippen LogP contribution in [-0.2, 0) is 16.0 Å². The predicted octanol–water partition coefficient (Wildman–Crippen LogP) is 3.23. The van der Waals surface area contributed by atoms with E-state index < -0.39 is 0 Å². The maximum Gasteiger partial charge on any atom is 0.226 e. The Morgan fingerprint density at radius 2 is 1.93 bits per heavy atom. The number of carbonyl (C=O) groups excluding carboxylic acids is 1. The molecule has 0 bridgehead atoms. The van der Waals surface area contributed by atoms with Crippen molar-refractivity contribution in [1.82, 2.24) is 9.80 Å². The number of hydrogen-bond donors (Lipinski definition) is 1. The number of likely N-dealkylation sites (tertiary alicyclic amines) is 1. The lowest BCUT2D eigenvalue weighted by molar-refractivity contribution is -0.132. The van der Waals surface area contributed by atoms with Gasteiger partial charge in [-0.15, -0.1) is 0 Å². The third kappa shape index (κ3) is 8.48. The van der Waals surface area contributed by atoms with Gasteiger partial charge in [-0.25, -0.2) is 0 Å². The van der Waals surface area contributed by atoms with E-state index in [-0.39, 0.29) is 12.5 Å². The van der Waals surface area contributed by atoms with Crippen LogP contribution in [0, 0.1) is 5.92 Å². The Balaban J connectivity index is 1.54. The molecule has 5 nitrogen and oxygen atoms in total. The van der Waals surface area contributed by atoms with Crippen LogP contribution in [0.4, 0.5) is 0 Å². The molecule has 1 amide bonds. The van der Waals surface area contributed by atoms with Crippen LogP contribution in [0.3, 0.4) is 0 Å². The van der Waals surface area contributed by atoms with Crippen LogP contribution < -0.4 is 0 Å². The van der Waals surface area contributed by atoms with Gasteiger partial charge in [0.05, 0.1) is 13.0 Å². The van der Waals surface area contributed by atoms with Crippen molar-refractivity contribution in [2.45, 2.75) is 39.0 Å². The van der Waals surface area contributed by atoms with Gasteiger partial charge < -0.3 is 19.6 Å². The van der Waals surface area contributed by atoms with Gasteiger partial charge in [0.2, 0.25) is 5.91 Å². The fourth-order valence-electron chi connectivity index (χ4n) is 3.60. The predicted molar refractivity (Wildman–Crippen MR) is 114 cm³/mol. The smallest absolute Gasteiger partial charge is 0.226 e. The van der Waals surface area contributed by atoms with E-state index in [1.54, 1.807) is 0 Å². The van der Waals surface area contributed by atoms with Crippen LogP contribution >= 0.6 is 11.6 Å². The van der Waals surface area contributed by atoms with Gasteiger partial charge in [0.1, 0.15) is 0 Å². The Morgan fingerprint density at radius 1 is 1.21 bits per heavy atom. The summed E-state index contributed by atoms with van der Waals surface area (Å²) in [5.41, 5.74) is 1.01. The second-order valence-corrected chi connectivity index (χ2v) is 8.00. The number of halogens is 1. The normalized spacial score (nSPS) is 15.4. The van der Waals surface area contributed by atoms with E-state index in [0.717, 1.165) is 77.2 Å². The average molecular weight is 411 g/mol. The van der Waals surface area contributed by atoms with Gasteiger partial charge in [-0.2, -0.15) is 0 Å². The Labute approximate surface area is 174 Å². The van der Waals surface area contributed by atoms with Crippen molar-refractivity contribution in [2.75, 3.05) is 52.5 Å². The molecule has 0 radical (unpaired) electrons. The molecule has 0 unspecified atom stereocenters. The molecule has 1 aliphatic rings.